The van der Waals surface area contributed by atoms with E-state index in [9.17, 15) is 9.59 Å². The summed E-state index contributed by atoms with van der Waals surface area (Å²) in [5.41, 5.74) is 1.38. The highest BCUT2D eigenvalue weighted by Crippen LogP contribution is 2.26. The summed E-state index contributed by atoms with van der Waals surface area (Å²) in [5, 5.41) is 5.85. The van der Waals surface area contributed by atoms with Crippen molar-refractivity contribution in [3.05, 3.63) is 53.5 Å². The summed E-state index contributed by atoms with van der Waals surface area (Å²) in [5.74, 6) is 0.814. The van der Waals surface area contributed by atoms with Crippen LogP contribution in [0.25, 0.3) is 10.6 Å². The molecule has 0 aliphatic carbocycles. The number of benzene rings is 1. The fourth-order valence-corrected chi connectivity index (χ4v) is 3.57. The predicted molar refractivity (Wildman–Crippen MR) is 103 cm³/mol. The molecule has 0 N–H and O–H groups in total. The number of anilines is 1. The normalized spacial score (nSPS) is 13.7. The van der Waals surface area contributed by atoms with Crippen molar-refractivity contribution in [2.24, 2.45) is 0 Å². The minimum atomic E-state index is -0.500. The lowest BCUT2D eigenvalue weighted by atomic mass is 10.3. The summed E-state index contributed by atoms with van der Waals surface area (Å²) in [6.45, 7) is 0.548. The first-order valence-electron chi connectivity index (χ1n) is 8.87. The summed E-state index contributed by atoms with van der Waals surface area (Å²) >= 11 is 1.55. The second-order valence-electron chi connectivity index (χ2n) is 6.25. The van der Waals surface area contributed by atoms with Crippen LogP contribution in [0.15, 0.2) is 52.4 Å². The fourth-order valence-electron chi connectivity index (χ4n) is 2.90. The van der Waals surface area contributed by atoms with Crippen LogP contribution >= 0.6 is 11.3 Å². The molecule has 4 rings (SSSR count). The summed E-state index contributed by atoms with van der Waals surface area (Å²) in [6.07, 6.45) is 1.47. The second-order valence-corrected chi connectivity index (χ2v) is 7.20. The van der Waals surface area contributed by atoms with Crippen LogP contribution in [-0.4, -0.2) is 30.2 Å². The highest BCUT2D eigenvalue weighted by atomic mass is 32.1. The molecule has 0 atom stereocenters. The van der Waals surface area contributed by atoms with Gasteiger partial charge in [0.1, 0.15) is 18.1 Å². The first-order chi connectivity index (χ1) is 13.7. The molecule has 0 unspecified atom stereocenters. The Morgan fingerprint density at radius 3 is 2.82 bits per heavy atom. The average Bonchev–Trinajstić information content (AvgIpc) is 3.46. The number of aromatic nitrogens is 1. The molecule has 28 heavy (non-hydrogen) atoms. The van der Waals surface area contributed by atoms with Crippen molar-refractivity contribution >= 4 is 28.9 Å². The van der Waals surface area contributed by atoms with E-state index in [1.54, 1.807) is 34.4 Å². The van der Waals surface area contributed by atoms with Gasteiger partial charge in [-0.3, -0.25) is 4.79 Å². The fraction of sp³-hybridized carbons (Fsp3) is 0.250. The lowest BCUT2D eigenvalue weighted by Gasteiger charge is -2.16. The zero-order chi connectivity index (χ0) is 19.3. The van der Waals surface area contributed by atoms with Crippen LogP contribution in [0.3, 0.4) is 0 Å². The van der Waals surface area contributed by atoms with Gasteiger partial charge in [-0.05, 0) is 42.1 Å². The summed E-state index contributed by atoms with van der Waals surface area (Å²) < 4.78 is 15.8. The van der Waals surface area contributed by atoms with Crippen molar-refractivity contribution < 1.29 is 23.6 Å². The molecular weight excluding hydrogens is 380 g/mol. The Hall–Kier alpha value is -3.13. The summed E-state index contributed by atoms with van der Waals surface area (Å²) in [6, 6.07) is 12.7. The first kappa shape index (κ1) is 18.2. The van der Waals surface area contributed by atoms with Crippen LogP contribution in [0, 0.1) is 0 Å². The molecule has 1 saturated heterocycles. The number of amides is 1. The third kappa shape index (κ3) is 4.23. The smallest absolute Gasteiger partial charge is 0.344 e. The SMILES string of the molecule is O=C(COc1ccc(N2CCCC2=O)cc1)OCc1cc(-c2cccs2)on1. The van der Waals surface area contributed by atoms with Crippen LogP contribution in [-0.2, 0) is 20.9 Å². The lowest BCUT2D eigenvalue weighted by molar-refractivity contribution is -0.147. The lowest BCUT2D eigenvalue weighted by Crippen LogP contribution is -2.23. The summed E-state index contributed by atoms with van der Waals surface area (Å²) in [4.78, 5) is 26.4. The quantitative estimate of drug-likeness (QED) is 0.565. The molecule has 3 heterocycles. The average molecular weight is 398 g/mol. The predicted octanol–water partition coefficient (Wildman–Crippen LogP) is 3.65. The topological polar surface area (TPSA) is 81.9 Å². The van der Waals surface area contributed by atoms with E-state index in [4.69, 9.17) is 14.0 Å². The molecule has 3 aromatic rings. The second kappa shape index (κ2) is 8.26. The van der Waals surface area contributed by atoms with Crippen LogP contribution in [0.2, 0.25) is 0 Å². The highest BCUT2D eigenvalue weighted by Gasteiger charge is 2.21. The Morgan fingerprint density at radius 1 is 1.25 bits per heavy atom. The van der Waals surface area contributed by atoms with Crippen LogP contribution in [0.4, 0.5) is 5.69 Å². The van der Waals surface area contributed by atoms with Crippen molar-refractivity contribution in [2.45, 2.75) is 19.4 Å². The van der Waals surface area contributed by atoms with Gasteiger partial charge >= 0.3 is 5.97 Å². The molecule has 0 bridgehead atoms. The number of carbonyl (C=O) groups excluding carboxylic acids is 2. The van der Waals surface area contributed by atoms with Gasteiger partial charge in [0, 0.05) is 24.7 Å². The highest BCUT2D eigenvalue weighted by molar-refractivity contribution is 7.13. The maximum Gasteiger partial charge on any atom is 0.344 e. The van der Waals surface area contributed by atoms with Gasteiger partial charge in [0.25, 0.3) is 0 Å². The molecule has 2 aromatic heterocycles. The Kier molecular flexibility index (Phi) is 5.38. The van der Waals surface area contributed by atoms with Gasteiger partial charge in [-0.15, -0.1) is 11.3 Å². The molecule has 7 nitrogen and oxygen atoms in total. The molecule has 0 radical (unpaired) electrons. The minimum Gasteiger partial charge on any atom is -0.482 e. The standard InChI is InChI=1S/C20H18N2O5S/c23-19-4-1-9-22(19)15-5-7-16(8-6-15)25-13-20(24)26-12-14-11-17(27-21-14)18-3-2-10-28-18/h2-3,5-8,10-11H,1,4,9,12-13H2. The van der Waals surface area contributed by atoms with E-state index in [1.165, 1.54) is 0 Å². The summed E-state index contributed by atoms with van der Waals surface area (Å²) in [7, 11) is 0. The van der Waals surface area contributed by atoms with Gasteiger partial charge in [0.2, 0.25) is 5.91 Å². The van der Waals surface area contributed by atoms with Crippen LogP contribution in [0.5, 0.6) is 5.75 Å². The molecule has 144 valence electrons. The number of rotatable bonds is 7. The largest absolute Gasteiger partial charge is 0.482 e. The molecule has 1 aliphatic rings. The van der Waals surface area contributed by atoms with E-state index >= 15 is 0 Å². The number of hydrogen-bond donors (Lipinski definition) is 0. The van der Waals surface area contributed by atoms with Crippen molar-refractivity contribution in [1.82, 2.24) is 5.16 Å². The maximum atomic E-state index is 11.9. The maximum absolute atomic E-state index is 11.9. The zero-order valence-electron chi connectivity index (χ0n) is 15.0. The van der Waals surface area contributed by atoms with Crippen molar-refractivity contribution in [2.75, 3.05) is 18.1 Å². The van der Waals surface area contributed by atoms with E-state index < -0.39 is 5.97 Å². The number of esters is 1. The molecular formula is C20H18N2O5S. The Bertz CT molecular complexity index is 949. The number of carbonyl (C=O) groups is 2. The van der Waals surface area contributed by atoms with E-state index in [1.807, 2.05) is 29.6 Å². The number of thiophene rings is 1. The molecule has 8 heteroatoms. The molecule has 1 aliphatic heterocycles. The van der Waals surface area contributed by atoms with Gasteiger partial charge in [-0.1, -0.05) is 11.2 Å². The van der Waals surface area contributed by atoms with E-state index in [2.05, 4.69) is 5.16 Å². The first-order valence-corrected chi connectivity index (χ1v) is 9.75. The number of nitrogens with zero attached hydrogens (tertiary/aromatic N) is 2. The number of ether oxygens (including phenoxy) is 2. The zero-order valence-corrected chi connectivity index (χ0v) is 15.8. The number of hydrogen-bond acceptors (Lipinski definition) is 7. The van der Waals surface area contributed by atoms with Crippen molar-refractivity contribution in [3.63, 3.8) is 0 Å². The molecule has 0 spiro atoms. The van der Waals surface area contributed by atoms with E-state index in [0.717, 1.165) is 23.5 Å². The molecule has 1 aromatic carbocycles. The monoisotopic (exact) mass is 398 g/mol. The van der Waals surface area contributed by atoms with Gasteiger partial charge < -0.3 is 18.9 Å². The molecule has 1 amide bonds. The Labute approximate surface area is 165 Å². The molecule has 1 fully saturated rings. The molecule has 0 saturated carbocycles. The van der Waals surface area contributed by atoms with Crippen LogP contribution in [0.1, 0.15) is 18.5 Å². The van der Waals surface area contributed by atoms with Gasteiger partial charge in [0.05, 0.1) is 4.88 Å². The third-order valence-corrected chi connectivity index (χ3v) is 5.17. The van der Waals surface area contributed by atoms with E-state index in [-0.39, 0.29) is 19.1 Å². The van der Waals surface area contributed by atoms with Crippen molar-refractivity contribution in [1.29, 1.82) is 0 Å². The minimum absolute atomic E-state index is 0.0209. The van der Waals surface area contributed by atoms with Gasteiger partial charge in [0.15, 0.2) is 12.4 Å². The Balaban J connectivity index is 1.24. The van der Waals surface area contributed by atoms with Gasteiger partial charge in [-0.2, -0.15) is 0 Å². The van der Waals surface area contributed by atoms with Crippen LogP contribution < -0.4 is 9.64 Å². The third-order valence-electron chi connectivity index (χ3n) is 4.28. The Morgan fingerprint density at radius 2 is 2.11 bits per heavy atom. The van der Waals surface area contributed by atoms with Gasteiger partial charge in [-0.25, -0.2) is 4.79 Å². The van der Waals surface area contributed by atoms with E-state index in [0.29, 0.717) is 23.6 Å². The van der Waals surface area contributed by atoms with Crippen molar-refractivity contribution in [3.8, 4) is 16.4 Å².